The summed E-state index contributed by atoms with van der Waals surface area (Å²) in [5.41, 5.74) is 8.43. The van der Waals surface area contributed by atoms with Crippen LogP contribution >= 0.6 is 0 Å². The summed E-state index contributed by atoms with van der Waals surface area (Å²) in [6.07, 6.45) is 2.93. The Hall–Kier alpha value is -2.40. The number of carbonyl (C=O) groups is 1. The molecule has 0 aliphatic heterocycles. The molecule has 0 aromatic heterocycles. The van der Waals surface area contributed by atoms with Crippen molar-refractivity contribution in [2.45, 2.75) is 38.8 Å². The Balaban J connectivity index is 1.65. The van der Waals surface area contributed by atoms with E-state index in [2.05, 4.69) is 10.6 Å². The molecule has 0 radical (unpaired) electrons. The van der Waals surface area contributed by atoms with Gasteiger partial charge in [0.1, 0.15) is 5.82 Å². The van der Waals surface area contributed by atoms with Crippen molar-refractivity contribution in [3.8, 4) is 0 Å². The van der Waals surface area contributed by atoms with Gasteiger partial charge in [0.05, 0.1) is 6.04 Å². The van der Waals surface area contributed by atoms with Crippen molar-refractivity contribution >= 4 is 11.6 Å². The van der Waals surface area contributed by atoms with E-state index in [1.54, 1.807) is 19.1 Å². The van der Waals surface area contributed by atoms with Gasteiger partial charge in [0, 0.05) is 18.8 Å². The highest BCUT2D eigenvalue weighted by atomic mass is 19.1. The lowest BCUT2D eigenvalue weighted by Crippen LogP contribution is -2.38. The summed E-state index contributed by atoms with van der Waals surface area (Å²) in [7, 11) is 0. The van der Waals surface area contributed by atoms with Crippen molar-refractivity contribution in [2.24, 2.45) is 5.73 Å². The maximum absolute atomic E-state index is 13.1. The largest absolute Gasteiger partial charge is 0.385 e. The second-order valence-corrected chi connectivity index (χ2v) is 6.22. The SMILES string of the molecule is CC(NCc1ccc(NCCCCc2cccc(F)c2)cc1)C(N)=O. The number of nitrogens with two attached hydrogens (primary N) is 1. The van der Waals surface area contributed by atoms with E-state index in [-0.39, 0.29) is 17.8 Å². The molecule has 0 spiro atoms. The van der Waals surface area contributed by atoms with Gasteiger partial charge in [-0.15, -0.1) is 0 Å². The average molecular weight is 343 g/mol. The molecule has 5 heteroatoms. The van der Waals surface area contributed by atoms with Crippen molar-refractivity contribution in [1.82, 2.24) is 5.32 Å². The first-order chi connectivity index (χ1) is 12.0. The van der Waals surface area contributed by atoms with E-state index in [4.69, 9.17) is 5.73 Å². The van der Waals surface area contributed by atoms with Crippen LogP contribution in [0.2, 0.25) is 0 Å². The van der Waals surface area contributed by atoms with Crippen molar-refractivity contribution in [1.29, 1.82) is 0 Å². The molecule has 0 bridgehead atoms. The summed E-state index contributed by atoms with van der Waals surface area (Å²) in [4.78, 5) is 11.0. The fourth-order valence-corrected chi connectivity index (χ4v) is 2.49. The number of anilines is 1. The monoisotopic (exact) mass is 343 g/mol. The predicted octanol–water partition coefficient (Wildman–Crippen LogP) is 3.22. The van der Waals surface area contributed by atoms with Gasteiger partial charge in [0.15, 0.2) is 0 Å². The van der Waals surface area contributed by atoms with Crippen LogP contribution in [0.4, 0.5) is 10.1 Å². The lowest BCUT2D eigenvalue weighted by atomic mass is 10.1. The highest BCUT2D eigenvalue weighted by Gasteiger charge is 2.06. The molecule has 4 N–H and O–H groups in total. The Bertz CT molecular complexity index is 673. The lowest BCUT2D eigenvalue weighted by Gasteiger charge is -2.11. The van der Waals surface area contributed by atoms with Crippen molar-refractivity contribution in [3.63, 3.8) is 0 Å². The Morgan fingerprint density at radius 2 is 1.88 bits per heavy atom. The number of hydrogen-bond acceptors (Lipinski definition) is 3. The number of rotatable bonds is 10. The fraction of sp³-hybridized carbons (Fsp3) is 0.350. The lowest BCUT2D eigenvalue weighted by molar-refractivity contribution is -0.119. The molecule has 0 saturated heterocycles. The summed E-state index contributed by atoms with van der Waals surface area (Å²) in [5.74, 6) is -0.521. The predicted molar refractivity (Wildman–Crippen MR) is 99.8 cm³/mol. The number of nitrogens with one attached hydrogen (secondary N) is 2. The van der Waals surface area contributed by atoms with Crippen molar-refractivity contribution < 1.29 is 9.18 Å². The van der Waals surface area contributed by atoms with Crippen LogP contribution in [-0.4, -0.2) is 18.5 Å². The Kier molecular flexibility index (Phi) is 7.41. The normalized spacial score (nSPS) is 11.9. The molecule has 4 nitrogen and oxygen atoms in total. The van der Waals surface area contributed by atoms with Gasteiger partial charge in [-0.1, -0.05) is 24.3 Å². The summed E-state index contributed by atoms with van der Waals surface area (Å²) in [6, 6.07) is 14.5. The molecule has 1 unspecified atom stereocenters. The van der Waals surface area contributed by atoms with Gasteiger partial charge in [0.25, 0.3) is 0 Å². The van der Waals surface area contributed by atoms with Gasteiger partial charge in [-0.25, -0.2) is 4.39 Å². The first-order valence-corrected chi connectivity index (χ1v) is 8.64. The number of aryl methyl sites for hydroxylation is 1. The van der Waals surface area contributed by atoms with Gasteiger partial charge in [-0.05, 0) is 61.6 Å². The van der Waals surface area contributed by atoms with Crippen molar-refractivity contribution in [2.75, 3.05) is 11.9 Å². The molecule has 1 amide bonds. The van der Waals surface area contributed by atoms with E-state index in [1.807, 2.05) is 30.3 Å². The minimum Gasteiger partial charge on any atom is -0.385 e. The fourth-order valence-electron chi connectivity index (χ4n) is 2.49. The number of hydrogen-bond donors (Lipinski definition) is 3. The number of halogens is 1. The third kappa shape index (κ3) is 6.93. The van der Waals surface area contributed by atoms with Gasteiger partial charge < -0.3 is 16.4 Å². The molecule has 0 aliphatic rings. The summed E-state index contributed by atoms with van der Waals surface area (Å²) in [6.45, 7) is 3.24. The minimum absolute atomic E-state index is 0.171. The van der Waals surface area contributed by atoms with Crippen LogP contribution < -0.4 is 16.4 Å². The van der Waals surface area contributed by atoms with E-state index >= 15 is 0 Å². The van der Waals surface area contributed by atoms with Crippen LogP contribution in [0, 0.1) is 5.82 Å². The zero-order valence-electron chi connectivity index (χ0n) is 14.6. The molecule has 25 heavy (non-hydrogen) atoms. The standard InChI is InChI=1S/C20H26FN3O/c1-15(20(22)25)24-14-17-8-10-19(11-9-17)23-12-3-2-5-16-6-4-7-18(21)13-16/h4,6-11,13,15,23-24H,2-3,5,12,14H2,1H3,(H2,22,25). The van der Waals surface area contributed by atoms with Crippen LogP contribution in [0.1, 0.15) is 30.9 Å². The zero-order chi connectivity index (χ0) is 18.1. The van der Waals surface area contributed by atoms with Gasteiger partial charge in [0.2, 0.25) is 5.91 Å². The Morgan fingerprint density at radius 3 is 2.56 bits per heavy atom. The minimum atomic E-state index is -0.350. The molecule has 2 rings (SSSR count). The maximum atomic E-state index is 13.1. The van der Waals surface area contributed by atoms with E-state index in [0.29, 0.717) is 6.54 Å². The topological polar surface area (TPSA) is 67.2 Å². The number of primary amides is 1. The summed E-state index contributed by atoms with van der Waals surface area (Å²) in [5, 5.41) is 6.46. The first-order valence-electron chi connectivity index (χ1n) is 8.64. The molecule has 0 fully saturated rings. The molecular weight excluding hydrogens is 317 g/mol. The Labute approximate surface area is 148 Å². The van der Waals surface area contributed by atoms with Gasteiger partial charge in [-0.3, -0.25) is 4.79 Å². The number of amides is 1. The van der Waals surface area contributed by atoms with Crippen LogP contribution in [0.25, 0.3) is 0 Å². The summed E-state index contributed by atoms with van der Waals surface area (Å²) >= 11 is 0. The molecule has 0 aliphatic carbocycles. The number of benzene rings is 2. The number of carbonyl (C=O) groups excluding carboxylic acids is 1. The molecule has 134 valence electrons. The van der Waals surface area contributed by atoms with Gasteiger partial charge in [-0.2, -0.15) is 0 Å². The highest BCUT2D eigenvalue weighted by molar-refractivity contribution is 5.79. The molecule has 2 aromatic rings. The highest BCUT2D eigenvalue weighted by Crippen LogP contribution is 2.11. The van der Waals surface area contributed by atoms with Crippen LogP contribution in [0.15, 0.2) is 48.5 Å². The van der Waals surface area contributed by atoms with E-state index in [1.165, 1.54) is 6.07 Å². The van der Waals surface area contributed by atoms with E-state index in [9.17, 15) is 9.18 Å². The second-order valence-electron chi connectivity index (χ2n) is 6.22. The quantitative estimate of drug-likeness (QED) is 0.580. The zero-order valence-corrected chi connectivity index (χ0v) is 14.6. The maximum Gasteiger partial charge on any atom is 0.234 e. The third-order valence-electron chi connectivity index (χ3n) is 4.10. The van der Waals surface area contributed by atoms with E-state index in [0.717, 1.165) is 42.6 Å². The van der Waals surface area contributed by atoms with Crippen LogP contribution in [0.3, 0.4) is 0 Å². The van der Waals surface area contributed by atoms with E-state index < -0.39 is 0 Å². The molecule has 0 heterocycles. The van der Waals surface area contributed by atoms with Crippen LogP contribution in [0.5, 0.6) is 0 Å². The van der Waals surface area contributed by atoms with Crippen LogP contribution in [-0.2, 0) is 17.8 Å². The molecular formula is C20H26FN3O. The first kappa shape index (κ1) is 18.9. The van der Waals surface area contributed by atoms with Crippen molar-refractivity contribution in [3.05, 3.63) is 65.5 Å². The second kappa shape index (κ2) is 9.79. The molecule has 2 aromatic carbocycles. The molecule has 1 atom stereocenters. The Morgan fingerprint density at radius 1 is 1.12 bits per heavy atom. The summed E-state index contributed by atoms with van der Waals surface area (Å²) < 4.78 is 13.1. The van der Waals surface area contributed by atoms with Gasteiger partial charge >= 0.3 is 0 Å². The average Bonchev–Trinajstić information content (AvgIpc) is 2.60. The number of unbranched alkanes of at least 4 members (excludes halogenated alkanes) is 1. The smallest absolute Gasteiger partial charge is 0.234 e. The molecule has 0 saturated carbocycles. The third-order valence-corrected chi connectivity index (χ3v) is 4.10.